The van der Waals surface area contributed by atoms with Crippen LogP contribution in [-0.4, -0.2) is 42.1 Å². The molecule has 4 aromatic rings. The van der Waals surface area contributed by atoms with E-state index < -0.39 is 17.7 Å². The van der Waals surface area contributed by atoms with Crippen molar-refractivity contribution in [2.45, 2.75) is 6.04 Å². The number of amides is 1. The van der Waals surface area contributed by atoms with Crippen LogP contribution in [0.1, 0.15) is 17.2 Å². The number of aliphatic hydroxyl groups excluding tert-OH is 1. The number of aromatic nitrogens is 1. The lowest BCUT2D eigenvalue weighted by Gasteiger charge is -2.23. The summed E-state index contributed by atoms with van der Waals surface area (Å²) < 4.78 is 17.3. The van der Waals surface area contributed by atoms with Gasteiger partial charge in [0.2, 0.25) is 0 Å². The summed E-state index contributed by atoms with van der Waals surface area (Å²) in [6.45, 7) is 0.795. The van der Waals surface area contributed by atoms with Crippen LogP contribution in [0.3, 0.4) is 0 Å². The standard InChI is InChI=1S/C27H19ClN2O6S/c1-34-17-6-2-14(3-7-17)23-22(24(31)15-4-9-19-20(12-15)36-11-10-35-19)25(32)26(33)30(23)27-29-18-8-5-16(28)13-21(18)37-27/h2-9,12-13,23,31H,10-11H2,1H3. The molecule has 0 spiro atoms. The molecule has 186 valence electrons. The molecule has 0 aliphatic carbocycles. The minimum absolute atomic E-state index is 0.0517. The van der Waals surface area contributed by atoms with E-state index in [1.807, 2.05) is 0 Å². The number of rotatable bonds is 4. The molecule has 1 unspecified atom stereocenters. The number of benzene rings is 3. The second-order valence-electron chi connectivity index (χ2n) is 8.41. The van der Waals surface area contributed by atoms with Gasteiger partial charge in [-0.2, -0.15) is 0 Å². The van der Waals surface area contributed by atoms with Crippen LogP contribution in [0.15, 0.2) is 66.2 Å². The van der Waals surface area contributed by atoms with Gasteiger partial charge in [-0.15, -0.1) is 0 Å². The minimum atomic E-state index is -0.921. The van der Waals surface area contributed by atoms with Crippen molar-refractivity contribution in [2.24, 2.45) is 0 Å². The predicted octanol–water partition coefficient (Wildman–Crippen LogP) is 5.36. The van der Waals surface area contributed by atoms with E-state index in [0.29, 0.717) is 57.3 Å². The SMILES string of the molecule is COc1ccc(C2C(=C(O)c3ccc4c(c3)OCCO4)C(=O)C(=O)N2c2nc3ccc(Cl)cc3s2)cc1. The first-order valence-corrected chi connectivity index (χ1v) is 12.5. The third-order valence-corrected chi connectivity index (χ3v) is 7.49. The molecule has 1 N–H and O–H groups in total. The number of ketones is 1. The number of ether oxygens (including phenoxy) is 3. The van der Waals surface area contributed by atoms with E-state index in [1.54, 1.807) is 67.8 Å². The minimum Gasteiger partial charge on any atom is -0.507 e. The summed E-state index contributed by atoms with van der Waals surface area (Å²) in [4.78, 5) is 32.8. The summed E-state index contributed by atoms with van der Waals surface area (Å²) in [7, 11) is 1.55. The van der Waals surface area contributed by atoms with Crippen molar-refractivity contribution in [1.82, 2.24) is 4.98 Å². The monoisotopic (exact) mass is 534 g/mol. The maximum Gasteiger partial charge on any atom is 0.301 e. The zero-order valence-electron chi connectivity index (χ0n) is 19.4. The first-order chi connectivity index (χ1) is 17.9. The molecule has 6 rings (SSSR count). The quantitative estimate of drug-likeness (QED) is 0.214. The van der Waals surface area contributed by atoms with Crippen LogP contribution in [0.25, 0.3) is 16.0 Å². The van der Waals surface area contributed by atoms with Gasteiger partial charge >= 0.3 is 5.91 Å². The van der Waals surface area contributed by atoms with E-state index >= 15 is 0 Å². The van der Waals surface area contributed by atoms with Crippen LogP contribution < -0.4 is 19.1 Å². The Morgan fingerprint density at radius 2 is 1.81 bits per heavy atom. The molecule has 10 heteroatoms. The van der Waals surface area contributed by atoms with Gasteiger partial charge in [0.1, 0.15) is 24.7 Å². The van der Waals surface area contributed by atoms with Gasteiger partial charge in [-0.1, -0.05) is 35.1 Å². The van der Waals surface area contributed by atoms with Gasteiger partial charge in [0.05, 0.1) is 28.9 Å². The number of hydrogen-bond donors (Lipinski definition) is 1. The third kappa shape index (κ3) is 3.96. The molecule has 1 atom stereocenters. The molecule has 0 bridgehead atoms. The number of methoxy groups -OCH3 is 1. The Labute approximate surface area is 220 Å². The number of anilines is 1. The molecule has 3 heterocycles. The highest BCUT2D eigenvalue weighted by atomic mass is 35.5. The number of halogens is 1. The average molecular weight is 535 g/mol. The van der Waals surface area contributed by atoms with Crippen molar-refractivity contribution >= 4 is 55.7 Å². The van der Waals surface area contributed by atoms with Gasteiger partial charge in [-0.3, -0.25) is 14.5 Å². The predicted molar refractivity (Wildman–Crippen MR) is 140 cm³/mol. The van der Waals surface area contributed by atoms with Crippen LogP contribution >= 0.6 is 22.9 Å². The van der Waals surface area contributed by atoms with Crippen LogP contribution in [0.2, 0.25) is 5.02 Å². The maximum absolute atomic E-state index is 13.4. The van der Waals surface area contributed by atoms with Crippen molar-refractivity contribution < 1.29 is 28.9 Å². The highest BCUT2D eigenvalue weighted by Crippen LogP contribution is 2.45. The molecule has 2 aliphatic heterocycles. The number of fused-ring (bicyclic) bond motifs is 2. The number of hydrogen-bond acceptors (Lipinski definition) is 8. The van der Waals surface area contributed by atoms with Crippen molar-refractivity contribution in [3.05, 3.63) is 82.4 Å². The lowest BCUT2D eigenvalue weighted by atomic mass is 9.95. The number of carbonyl (C=O) groups excluding carboxylic acids is 2. The van der Waals surface area contributed by atoms with E-state index in [2.05, 4.69) is 4.98 Å². The second-order valence-corrected chi connectivity index (χ2v) is 9.85. The lowest BCUT2D eigenvalue weighted by Crippen LogP contribution is -2.29. The zero-order valence-corrected chi connectivity index (χ0v) is 21.0. The molecule has 37 heavy (non-hydrogen) atoms. The summed E-state index contributed by atoms with van der Waals surface area (Å²) in [6, 6.07) is 16.2. The van der Waals surface area contributed by atoms with Gasteiger partial charge in [0.15, 0.2) is 16.6 Å². The Morgan fingerprint density at radius 3 is 2.57 bits per heavy atom. The molecular formula is C27H19ClN2O6S. The summed E-state index contributed by atoms with van der Waals surface area (Å²) in [5, 5.41) is 12.3. The van der Waals surface area contributed by atoms with Crippen LogP contribution in [0, 0.1) is 0 Å². The molecule has 0 radical (unpaired) electrons. The van der Waals surface area contributed by atoms with Gasteiger partial charge in [-0.05, 0) is 54.1 Å². The van der Waals surface area contributed by atoms with E-state index in [4.69, 9.17) is 25.8 Å². The molecule has 0 saturated carbocycles. The number of nitrogens with zero attached hydrogens (tertiary/aromatic N) is 2. The Kier molecular flexibility index (Phi) is 5.73. The second kappa shape index (κ2) is 9.10. The Hall–Kier alpha value is -4.08. The summed E-state index contributed by atoms with van der Waals surface area (Å²) in [6.07, 6.45) is 0. The fourth-order valence-electron chi connectivity index (χ4n) is 4.47. The van der Waals surface area contributed by atoms with E-state index in [9.17, 15) is 14.7 Å². The lowest BCUT2D eigenvalue weighted by molar-refractivity contribution is -0.132. The number of carbonyl (C=O) groups is 2. The molecular weight excluding hydrogens is 516 g/mol. The van der Waals surface area contributed by atoms with E-state index in [0.717, 1.165) is 4.70 Å². The molecule has 8 nitrogen and oxygen atoms in total. The number of aliphatic hydroxyl groups is 1. The largest absolute Gasteiger partial charge is 0.507 e. The van der Waals surface area contributed by atoms with Crippen LogP contribution in [0.4, 0.5) is 5.13 Å². The summed E-state index contributed by atoms with van der Waals surface area (Å²) in [5.41, 5.74) is 1.53. The molecule has 3 aromatic carbocycles. The van der Waals surface area contributed by atoms with Gasteiger partial charge in [0.25, 0.3) is 5.78 Å². The highest BCUT2D eigenvalue weighted by Gasteiger charge is 2.48. The molecule has 1 fully saturated rings. The van der Waals surface area contributed by atoms with E-state index in [1.165, 1.54) is 16.2 Å². The normalized spacial score (nSPS) is 18.4. The molecule has 1 aromatic heterocycles. The third-order valence-electron chi connectivity index (χ3n) is 6.24. The molecule has 2 aliphatic rings. The fourth-order valence-corrected chi connectivity index (χ4v) is 5.74. The van der Waals surface area contributed by atoms with Gasteiger partial charge < -0.3 is 19.3 Å². The highest BCUT2D eigenvalue weighted by molar-refractivity contribution is 7.22. The maximum atomic E-state index is 13.4. The Bertz CT molecular complexity index is 1600. The van der Waals surface area contributed by atoms with Crippen molar-refractivity contribution in [3.63, 3.8) is 0 Å². The van der Waals surface area contributed by atoms with E-state index in [-0.39, 0.29) is 11.3 Å². The topological polar surface area (TPSA) is 98.2 Å². The first-order valence-electron chi connectivity index (χ1n) is 11.4. The average Bonchev–Trinajstić information content (AvgIpc) is 3.45. The van der Waals surface area contributed by atoms with Crippen molar-refractivity contribution in [1.29, 1.82) is 0 Å². The Morgan fingerprint density at radius 1 is 1.05 bits per heavy atom. The van der Waals surface area contributed by atoms with Gasteiger partial charge in [0, 0.05) is 10.6 Å². The van der Waals surface area contributed by atoms with Crippen LogP contribution in [0.5, 0.6) is 17.2 Å². The zero-order chi connectivity index (χ0) is 25.7. The fraction of sp³-hybridized carbons (Fsp3) is 0.148. The van der Waals surface area contributed by atoms with Crippen molar-refractivity contribution in [3.8, 4) is 17.2 Å². The first kappa shape index (κ1) is 23.3. The molecule has 1 saturated heterocycles. The summed E-state index contributed by atoms with van der Waals surface area (Å²) >= 11 is 7.39. The number of thiazole rings is 1. The van der Waals surface area contributed by atoms with Crippen molar-refractivity contribution in [2.75, 3.05) is 25.2 Å². The van der Waals surface area contributed by atoms with Gasteiger partial charge in [-0.25, -0.2) is 4.98 Å². The number of Topliss-reactive ketones (excluding diaryl/α,β-unsaturated/α-hetero) is 1. The summed E-state index contributed by atoms with van der Waals surface area (Å²) in [5.74, 6) is -0.308. The smallest absolute Gasteiger partial charge is 0.301 e. The Balaban J connectivity index is 1.53. The van der Waals surface area contributed by atoms with Crippen LogP contribution in [-0.2, 0) is 9.59 Å². The molecule has 1 amide bonds.